The summed E-state index contributed by atoms with van der Waals surface area (Å²) in [6.45, 7) is 3.63. The number of hydrogen-bond donors (Lipinski definition) is 1. The first kappa shape index (κ1) is 15.4. The first-order chi connectivity index (χ1) is 12.7. The number of nitrogens with zero attached hydrogens (tertiary/aromatic N) is 6. The predicted molar refractivity (Wildman–Crippen MR) is 98.0 cm³/mol. The molecule has 0 radical (unpaired) electrons. The molecule has 4 aromatic heterocycles. The van der Waals surface area contributed by atoms with Gasteiger partial charge in [0, 0.05) is 31.7 Å². The van der Waals surface area contributed by atoms with Crippen LogP contribution < -0.4 is 5.56 Å². The van der Waals surface area contributed by atoms with Crippen LogP contribution in [0.3, 0.4) is 0 Å². The lowest BCUT2D eigenvalue weighted by atomic mass is 9.85. The summed E-state index contributed by atoms with van der Waals surface area (Å²) in [6.07, 6.45) is 12.1. The van der Waals surface area contributed by atoms with Crippen molar-refractivity contribution in [3.8, 4) is 11.4 Å². The normalized spacial score (nSPS) is 15.1. The Morgan fingerprint density at radius 3 is 3.00 bits per heavy atom. The Kier molecular flexibility index (Phi) is 3.44. The Morgan fingerprint density at radius 2 is 2.23 bits per heavy atom. The van der Waals surface area contributed by atoms with Crippen LogP contribution in [0.2, 0.25) is 0 Å². The van der Waals surface area contributed by atoms with Crippen LogP contribution in [0.25, 0.3) is 28.3 Å². The molecule has 0 amide bonds. The SMILES string of the molecule is CCCn1c(=O)c2[nH]c(-c3cnn(CC4CCC4)c3)nc2n2ccnc12. The summed E-state index contributed by atoms with van der Waals surface area (Å²) in [5.74, 6) is 2.04. The van der Waals surface area contributed by atoms with E-state index in [1.54, 1.807) is 10.8 Å². The van der Waals surface area contributed by atoms with Crippen LogP contribution in [0.1, 0.15) is 32.6 Å². The molecule has 134 valence electrons. The molecule has 4 heterocycles. The van der Waals surface area contributed by atoms with Crippen molar-refractivity contribution >= 4 is 16.9 Å². The summed E-state index contributed by atoms with van der Waals surface area (Å²) in [4.78, 5) is 25.1. The number of aromatic nitrogens is 7. The summed E-state index contributed by atoms with van der Waals surface area (Å²) >= 11 is 0. The van der Waals surface area contributed by atoms with Gasteiger partial charge in [-0.15, -0.1) is 0 Å². The second-order valence-electron chi connectivity index (χ2n) is 7.09. The minimum Gasteiger partial charge on any atom is -0.332 e. The van der Waals surface area contributed by atoms with Gasteiger partial charge in [-0.2, -0.15) is 5.10 Å². The van der Waals surface area contributed by atoms with E-state index in [1.807, 2.05) is 34.6 Å². The van der Waals surface area contributed by atoms with Gasteiger partial charge < -0.3 is 4.98 Å². The van der Waals surface area contributed by atoms with Crippen LogP contribution in [0.5, 0.6) is 0 Å². The van der Waals surface area contributed by atoms with E-state index in [0.29, 0.717) is 29.3 Å². The topological polar surface area (TPSA) is 85.8 Å². The molecule has 0 saturated heterocycles. The zero-order chi connectivity index (χ0) is 17.7. The molecule has 1 fully saturated rings. The second kappa shape index (κ2) is 5.82. The average molecular weight is 351 g/mol. The van der Waals surface area contributed by atoms with Crippen LogP contribution in [0, 0.1) is 5.92 Å². The van der Waals surface area contributed by atoms with Crippen molar-refractivity contribution < 1.29 is 0 Å². The fourth-order valence-corrected chi connectivity index (χ4v) is 3.66. The summed E-state index contributed by atoms with van der Waals surface area (Å²) in [5, 5.41) is 4.46. The van der Waals surface area contributed by atoms with E-state index in [-0.39, 0.29) is 5.56 Å². The molecule has 1 aliphatic rings. The van der Waals surface area contributed by atoms with Crippen molar-refractivity contribution in [2.45, 2.75) is 45.7 Å². The van der Waals surface area contributed by atoms with Gasteiger partial charge in [0.1, 0.15) is 5.82 Å². The fraction of sp³-hybridized carbons (Fsp3) is 0.444. The number of imidazole rings is 2. The molecule has 4 aromatic rings. The van der Waals surface area contributed by atoms with Crippen LogP contribution in [-0.2, 0) is 13.1 Å². The number of fused-ring (bicyclic) bond motifs is 3. The maximum absolute atomic E-state index is 12.9. The largest absolute Gasteiger partial charge is 0.332 e. The molecule has 1 N–H and O–H groups in total. The number of rotatable bonds is 5. The summed E-state index contributed by atoms with van der Waals surface area (Å²) < 4.78 is 5.55. The molecule has 0 spiro atoms. The lowest BCUT2D eigenvalue weighted by molar-refractivity contribution is 0.266. The monoisotopic (exact) mass is 351 g/mol. The van der Waals surface area contributed by atoms with E-state index in [1.165, 1.54) is 19.3 Å². The number of H-pyrrole nitrogens is 1. The van der Waals surface area contributed by atoms with Crippen molar-refractivity contribution in [3.63, 3.8) is 0 Å². The van der Waals surface area contributed by atoms with Crippen molar-refractivity contribution in [2.24, 2.45) is 5.92 Å². The van der Waals surface area contributed by atoms with Gasteiger partial charge in [0.2, 0.25) is 5.78 Å². The number of aromatic amines is 1. The van der Waals surface area contributed by atoms with Gasteiger partial charge in [0.15, 0.2) is 11.2 Å². The predicted octanol–water partition coefficient (Wildman–Crippen LogP) is 2.45. The summed E-state index contributed by atoms with van der Waals surface area (Å²) in [7, 11) is 0. The Bertz CT molecular complexity index is 1140. The first-order valence-corrected chi connectivity index (χ1v) is 9.23. The maximum Gasteiger partial charge on any atom is 0.280 e. The van der Waals surface area contributed by atoms with Crippen LogP contribution >= 0.6 is 0 Å². The van der Waals surface area contributed by atoms with Gasteiger partial charge in [-0.3, -0.25) is 18.4 Å². The molecule has 5 rings (SSSR count). The van der Waals surface area contributed by atoms with Gasteiger partial charge in [-0.1, -0.05) is 13.3 Å². The Morgan fingerprint density at radius 1 is 1.35 bits per heavy atom. The Labute approximate surface area is 149 Å². The van der Waals surface area contributed by atoms with Gasteiger partial charge in [0.25, 0.3) is 5.56 Å². The van der Waals surface area contributed by atoms with E-state index in [2.05, 4.69) is 20.1 Å². The summed E-state index contributed by atoms with van der Waals surface area (Å²) in [6, 6.07) is 0. The van der Waals surface area contributed by atoms with Gasteiger partial charge in [0.05, 0.1) is 11.8 Å². The molecule has 26 heavy (non-hydrogen) atoms. The van der Waals surface area contributed by atoms with Crippen molar-refractivity contribution in [2.75, 3.05) is 0 Å². The smallest absolute Gasteiger partial charge is 0.280 e. The quantitative estimate of drug-likeness (QED) is 0.598. The van der Waals surface area contributed by atoms with E-state index in [0.717, 1.165) is 24.4 Å². The zero-order valence-corrected chi connectivity index (χ0v) is 14.7. The van der Waals surface area contributed by atoms with Gasteiger partial charge in [-0.05, 0) is 25.2 Å². The molecular weight excluding hydrogens is 330 g/mol. The molecule has 1 saturated carbocycles. The molecule has 1 aliphatic carbocycles. The molecule has 0 atom stereocenters. The number of hydrogen-bond acceptors (Lipinski definition) is 4. The van der Waals surface area contributed by atoms with E-state index in [4.69, 9.17) is 0 Å². The molecule has 0 aromatic carbocycles. The zero-order valence-electron chi connectivity index (χ0n) is 14.7. The third-order valence-electron chi connectivity index (χ3n) is 5.26. The van der Waals surface area contributed by atoms with Crippen LogP contribution in [0.15, 0.2) is 29.6 Å². The van der Waals surface area contributed by atoms with Crippen molar-refractivity contribution in [1.82, 2.24) is 33.7 Å². The number of aryl methyl sites for hydroxylation is 1. The lowest BCUT2D eigenvalue weighted by Crippen LogP contribution is -2.23. The average Bonchev–Trinajstić information content (AvgIpc) is 3.32. The van der Waals surface area contributed by atoms with Crippen molar-refractivity contribution in [1.29, 1.82) is 0 Å². The van der Waals surface area contributed by atoms with Gasteiger partial charge >= 0.3 is 0 Å². The molecule has 8 heteroatoms. The first-order valence-electron chi connectivity index (χ1n) is 9.23. The van der Waals surface area contributed by atoms with E-state index in [9.17, 15) is 4.79 Å². The van der Waals surface area contributed by atoms with E-state index >= 15 is 0 Å². The van der Waals surface area contributed by atoms with E-state index < -0.39 is 0 Å². The lowest BCUT2D eigenvalue weighted by Gasteiger charge is -2.24. The molecule has 8 nitrogen and oxygen atoms in total. The Hall–Kier alpha value is -2.90. The third-order valence-corrected chi connectivity index (χ3v) is 5.26. The minimum atomic E-state index is -0.0823. The number of nitrogens with one attached hydrogen (secondary N) is 1. The molecule has 0 unspecified atom stereocenters. The standard InChI is InChI=1S/C18H21N7O/c1-2-7-25-17(26)14-16(24-8-6-19-18(24)25)22-15(21-14)13-9-20-23(11-13)10-12-4-3-5-12/h6,8-9,11-12H,2-5,7,10H2,1H3,(H,21,22). The highest BCUT2D eigenvalue weighted by atomic mass is 16.1. The minimum absolute atomic E-state index is 0.0823. The Balaban J connectivity index is 1.61. The van der Waals surface area contributed by atoms with Gasteiger partial charge in [-0.25, -0.2) is 9.97 Å². The highest BCUT2D eigenvalue weighted by molar-refractivity contribution is 5.77. The highest BCUT2D eigenvalue weighted by Gasteiger charge is 2.20. The molecular formula is C18H21N7O. The van der Waals surface area contributed by atoms with Crippen molar-refractivity contribution in [3.05, 3.63) is 35.1 Å². The third kappa shape index (κ3) is 2.28. The molecule has 0 bridgehead atoms. The summed E-state index contributed by atoms with van der Waals surface area (Å²) in [5.41, 5.74) is 1.93. The highest BCUT2D eigenvalue weighted by Crippen LogP contribution is 2.28. The maximum atomic E-state index is 12.9. The fourth-order valence-electron chi connectivity index (χ4n) is 3.66. The van der Waals surface area contributed by atoms with Crippen LogP contribution in [-0.4, -0.2) is 33.7 Å². The second-order valence-corrected chi connectivity index (χ2v) is 7.09. The molecule has 0 aliphatic heterocycles. The van der Waals surface area contributed by atoms with Crippen LogP contribution in [0.4, 0.5) is 0 Å².